The van der Waals surface area contributed by atoms with Crippen LogP contribution in [0.25, 0.3) is 0 Å². The molecular formula is C14H19F3N4O. The topological polar surface area (TPSA) is 59.0 Å². The lowest BCUT2D eigenvalue weighted by Gasteiger charge is -2.43. The van der Waals surface area contributed by atoms with E-state index >= 15 is 0 Å². The monoisotopic (exact) mass is 316 g/mol. The summed E-state index contributed by atoms with van der Waals surface area (Å²) in [5.74, 6) is -0.183. The van der Waals surface area contributed by atoms with Crippen molar-refractivity contribution >= 4 is 5.91 Å². The van der Waals surface area contributed by atoms with Gasteiger partial charge in [-0.05, 0) is 38.3 Å². The van der Waals surface area contributed by atoms with Gasteiger partial charge in [0.05, 0.1) is 12.1 Å². The van der Waals surface area contributed by atoms with Gasteiger partial charge in [0.2, 0.25) is 5.91 Å². The van der Waals surface area contributed by atoms with Crippen molar-refractivity contribution in [1.29, 1.82) is 0 Å². The molecule has 1 saturated carbocycles. The molecule has 2 N–H and O–H groups in total. The molecule has 8 heteroatoms. The molecule has 0 radical (unpaired) electrons. The van der Waals surface area contributed by atoms with Crippen LogP contribution in [-0.4, -0.2) is 40.0 Å². The summed E-state index contributed by atoms with van der Waals surface area (Å²) >= 11 is 0. The first kappa shape index (κ1) is 15.3. The first-order chi connectivity index (χ1) is 10.4. The zero-order valence-corrected chi connectivity index (χ0v) is 12.1. The Morgan fingerprint density at radius 2 is 2.27 bits per heavy atom. The summed E-state index contributed by atoms with van der Waals surface area (Å²) in [6, 6.07) is 1.57. The van der Waals surface area contributed by atoms with Gasteiger partial charge in [0.1, 0.15) is 6.54 Å². The predicted molar refractivity (Wildman–Crippen MR) is 73.1 cm³/mol. The second kappa shape index (κ2) is 5.57. The fourth-order valence-electron chi connectivity index (χ4n) is 3.34. The van der Waals surface area contributed by atoms with Gasteiger partial charge in [0.15, 0.2) is 0 Å². The Hall–Kier alpha value is -1.57. The van der Waals surface area contributed by atoms with Crippen molar-refractivity contribution in [2.45, 2.75) is 56.4 Å². The molecule has 1 aromatic heterocycles. The fourth-order valence-corrected chi connectivity index (χ4v) is 3.34. The Bertz CT molecular complexity index is 551. The Morgan fingerprint density at radius 3 is 2.91 bits per heavy atom. The minimum atomic E-state index is -4.31. The average Bonchev–Trinajstić information content (AvgIpc) is 2.93. The highest BCUT2D eigenvalue weighted by atomic mass is 19.4. The average molecular weight is 316 g/mol. The number of nitrogens with zero attached hydrogens (tertiary/aromatic N) is 2. The lowest BCUT2D eigenvalue weighted by molar-refractivity contribution is -0.142. The van der Waals surface area contributed by atoms with Gasteiger partial charge in [-0.1, -0.05) is 0 Å². The van der Waals surface area contributed by atoms with E-state index < -0.39 is 12.7 Å². The van der Waals surface area contributed by atoms with Crippen LogP contribution in [-0.2, 0) is 17.8 Å². The van der Waals surface area contributed by atoms with Crippen molar-refractivity contribution in [2.24, 2.45) is 0 Å². The summed E-state index contributed by atoms with van der Waals surface area (Å²) in [5.41, 5.74) is 0.404. The van der Waals surface area contributed by atoms with E-state index in [0.717, 1.165) is 30.5 Å². The third-order valence-corrected chi connectivity index (χ3v) is 4.54. The van der Waals surface area contributed by atoms with Crippen molar-refractivity contribution in [3.8, 4) is 0 Å². The Labute approximate surface area is 126 Å². The fraction of sp³-hybridized carbons (Fsp3) is 0.714. The van der Waals surface area contributed by atoms with Crippen molar-refractivity contribution in [1.82, 2.24) is 20.4 Å². The first-order valence-corrected chi connectivity index (χ1v) is 7.50. The Balaban J connectivity index is 1.54. The van der Waals surface area contributed by atoms with Gasteiger partial charge in [0.25, 0.3) is 0 Å². The van der Waals surface area contributed by atoms with Crippen molar-refractivity contribution in [3.63, 3.8) is 0 Å². The summed E-state index contributed by atoms with van der Waals surface area (Å²) < 4.78 is 37.6. The lowest BCUT2D eigenvalue weighted by Crippen LogP contribution is -2.59. The van der Waals surface area contributed by atoms with Crippen LogP contribution in [0.5, 0.6) is 0 Å². The van der Waals surface area contributed by atoms with E-state index in [4.69, 9.17) is 0 Å². The van der Waals surface area contributed by atoms with E-state index in [9.17, 15) is 18.0 Å². The molecule has 1 saturated heterocycles. The van der Waals surface area contributed by atoms with E-state index in [1.54, 1.807) is 0 Å². The van der Waals surface area contributed by atoms with Crippen LogP contribution in [0.3, 0.4) is 0 Å². The van der Waals surface area contributed by atoms with Gasteiger partial charge < -0.3 is 10.6 Å². The smallest absolute Gasteiger partial charge is 0.351 e. The summed E-state index contributed by atoms with van der Waals surface area (Å²) in [6.45, 7) is -0.241. The Kier molecular flexibility index (Phi) is 3.88. The maximum atomic E-state index is 12.3. The third-order valence-electron chi connectivity index (χ3n) is 4.54. The molecule has 0 bridgehead atoms. The van der Waals surface area contributed by atoms with Crippen molar-refractivity contribution in [2.75, 3.05) is 6.54 Å². The molecule has 1 aliphatic heterocycles. The lowest BCUT2D eigenvalue weighted by atomic mass is 9.73. The zero-order chi connectivity index (χ0) is 15.8. The summed E-state index contributed by atoms with van der Waals surface area (Å²) in [4.78, 5) is 12.1. The number of hydrogen-bond donors (Lipinski definition) is 2. The van der Waals surface area contributed by atoms with Gasteiger partial charge in [0, 0.05) is 17.8 Å². The molecule has 5 nitrogen and oxygen atoms in total. The van der Waals surface area contributed by atoms with Crippen LogP contribution in [0, 0.1) is 0 Å². The molecule has 1 aromatic rings. The number of hydrogen-bond acceptors (Lipinski definition) is 3. The van der Waals surface area contributed by atoms with Crippen LogP contribution in [0.1, 0.15) is 31.4 Å². The molecule has 122 valence electrons. The number of alkyl halides is 3. The molecule has 2 fully saturated rings. The number of halogens is 3. The molecule has 3 rings (SSSR count). The Morgan fingerprint density at radius 1 is 1.50 bits per heavy atom. The molecule has 0 aromatic carbocycles. The van der Waals surface area contributed by atoms with Crippen molar-refractivity contribution < 1.29 is 18.0 Å². The normalized spacial score (nSPS) is 23.5. The quantitative estimate of drug-likeness (QED) is 0.882. The number of aromatic nitrogens is 2. The predicted octanol–water partition coefficient (Wildman–Crippen LogP) is 1.39. The second-order valence-electron chi connectivity index (χ2n) is 6.14. The maximum Gasteiger partial charge on any atom is 0.408 e. The number of amides is 1. The highest BCUT2D eigenvalue weighted by Crippen LogP contribution is 2.39. The van der Waals surface area contributed by atoms with Crippen LogP contribution >= 0.6 is 0 Å². The van der Waals surface area contributed by atoms with Crippen LogP contribution < -0.4 is 10.6 Å². The SMILES string of the molecule is O=C(Cc1ccn(CC(F)(F)F)n1)NC1CCNC12CCC2. The number of carbonyl (C=O) groups is 1. The number of rotatable bonds is 4. The largest absolute Gasteiger partial charge is 0.408 e. The highest BCUT2D eigenvalue weighted by molar-refractivity contribution is 5.78. The summed E-state index contributed by atoms with van der Waals surface area (Å²) in [7, 11) is 0. The van der Waals surface area contributed by atoms with Gasteiger partial charge in [-0.15, -0.1) is 0 Å². The van der Waals surface area contributed by atoms with Crippen LogP contribution in [0.4, 0.5) is 13.2 Å². The van der Waals surface area contributed by atoms with E-state index in [1.807, 2.05) is 0 Å². The standard InChI is InChI=1S/C14H19F3N4O/c15-14(16,17)9-21-7-3-10(20-21)8-12(22)19-11-2-6-18-13(11)4-1-5-13/h3,7,11,18H,1-2,4-6,8-9H2,(H,19,22). The molecule has 1 atom stereocenters. The zero-order valence-electron chi connectivity index (χ0n) is 12.1. The van der Waals surface area contributed by atoms with E-state index in [2.05, 4.69) is 15.7 Å². The molecule has 2 aliphatic rings. The molecular weight excluding hydrogens is 297 g/mol. The van der Waals surface area contributed by atoms with Crippen LogP contribution in [0.15, 0.2) is 12.3 Å². The molecule has 2 heterocycles. The highest BCUT2D eigenvalue weighted by Gasteiger charge is 2.47. The van der Waals surface area contributed by atoms with Crippen molar-refractivity contribution in [3.05, 3.63) is 18.0 Å². The molecule has 1 amide bonds. The van der Waals surface area contributed by atoms with E-state index in [1.165, 1.54) is 18.7 Å². The maximum absolute atomic E-state index is 12.3. The molecule has 1 spiro atoms. The number of carbonyl (C=O) groups excluding carboxylic acids is 1. The minimum absolute atomic E-state index is 0.0113. The van der Waals surface area contributed by atoms with E-state index in [-0.39, 0.29) is 23.9 Å². The molecule has 22 heavy (non-hydrogen) atoms. The van der Waals surface area contributed by atoms with E-state index in [0.29, 0.717) is 5.69 Å². The van der Waals surface area contributed by atoms with Gasteiger partial charge in [-0.3, -0.25) is 9.48 Å². The third kappa shape index (κ3) is 3.26. The van der Waals surface area contributed by atoms with Gasteiger partial charge >= 0.3 is 6.18 Å². The summed E-state index contributed by atoms with van der Waals surface area (Å²) in [5, 5.41) is 10.3. The minimum Gasteiger partial charge on any atom is -0.351 e. The number of nitrogens with one attached hydrogen (secondary N) is 2. The summed E-state index contributed by atoms with van der Waals surface area (Å²) in [6.07, 6.45) is 1.15. The van der Waals surface area contributed by atoms with Gasteiger partial charge in [-0.25, -0.2) is 0 Å². The molecule has 1 unspecified atom stereocenters. The van der Waals surface area contributed by atoms with Crippen LogP contribution in [0.2, 0.25) is 0 Å². The van der Waals surface area contributed by atoms with Gasteiger partial charge in [-0.2, -0.15) is 18.3 Å². The molecule has 1 aliphatic carbocycles. The first-order valence-electron chi connectivity index (χ1n) is 7.50. The second-order valence-corrected chi connectivity index (χ2v) is 6.14.